The van der Waals surface area contributed by atoms with Gasteiger partial charge in [-0.3, -0.25) is 24.1 Å². The first kappa shape index (κ1) is 20.6. The highest BCUT2D eigenvalue weighted by Gasteiger charge is 2.47. The molecule has 0 spiro atoms. The summed E-state index contributed by atoms with van der Waals surface area (Å²) in [7, 11) is 1.52. The Balaban J connectivity index is 1.48. The number of anilines is 1. The highest BCUT2D eigenvalue weighted by molar-refractivity contribution is 6.05. The van der Waals surface area contributed by atoms with Gasteiger partial charge in [0.1, 0.15) is 5.75 Å². The monoisotopic (exact) mass is 400 g/mol. The topological polar surface area (TPSA) is 102 Å². The number of nitrogens with zero attached hydrogens (tertiary/aromatic N) is 1. The number of carbonyl (C=O) groups is 4. The molecule has 3 amide bonds. The van der Waals surface area contributed by atoms with Crippen LogP contribution in [-0.2, 0) is 23.9 Å². The normalized spacial score (nSPS) is 21.5. The fourth-order valence-corrected chi connectivity index (χ4v) is 3.55. The van der Waals surface area contributed by atoms with E-state index >= 15 is 0 Å². The van der Waals surface area contributed by atoms with Crippen molar-refractivity contribution in [3.63, 3.8) is 0 Å². The summed E-state index contributed by atoms with van der Waals surface area (Å²) in [6, 6.07) is 6.80. The van der Waals surface area contributed by atoms with Crippen molar-refractivity contribution < 1.29 is 28.7 Å². The van der Waals surface area contributed by atoms with Crippen LogP contribution < -0.4 is 10.1 Å². The zero-order valence-corrected chi connectivity index (χ0v) is 16.4. The Hall–Kier alpha value is -3.16. The van der Waals surface area contributed by atoms with E-state index in [-0.39, 0.29) is 36.6 Å². The maximum absolute atomic E-state index is 12.4. The Bertz CT molecular complexity index is 823. The van der Waals surface area contributed by atoms with E-state index in [9.17, 15) is 19.2 Å². The molecule has 0 aromatic heterocycles. The molecular weight excluding hydrogens is 376 g/mol. The minimum absolute atomic E-state index is 0.0340. The van der Waals surface area contributed by atoms with Crippen LogP contribution in [0.3, 0.4) is 0 Å². The fraction of sp³-hybridized carbons (Fsp3) is 0.429. The van der Waals surface area contributed by atoms with Gasteiger partial charge in [0.15, 0.2) is 6.10 Å². The standard InChI is InChI=1S/C21H24N2O6/c1-13(19(25)22-14-6-5-7-15(12-14)28-2)29-18(24)10-11-23-20(26)16-8-3-4-9-17(16)21(23)27/h3-7,12-13,16-17H,8-11H2,1-2H3,(H,22,25)/t13-,16+,17+/m1/s1. The molecule has 1 N–H and O–H groups in total. The molecule has 1 aliphatic carbocycles. The van der Waals surface area contributed by atoms with Gasteiger partial charge in [-0.1, -0.05) is 18.2 Å². The number of ether oxygens (including phenoxy) is 2. The van der Waals surface area contributed by atoms with E-state index < -0.39 is 18.0 Å². The van der Waals surface area contributed by atoms with Gasteiger partial charge in [0.2, 0.25) is 11.8 Å². The molecule has 1 aliphatic heterocycles. The van der Waals surface area contributed by atoms with E-state index in [4.69, 9.17) is 9.47 Å². The number of imide groups is 1. The summed E-state index contributed by atoms with van der Waals surface area (Å²) in [5.41, 5.74) is 0.515. The average Bonchev–Trinajstić information content (AvgIpc) is 2.97. The van der Waals surface area contributed by atoms with Crippen molar-refractivity contribution in [2.45, 2.75) is 32.3 Å². The van der Waals surface area contributed by atoms with E-state index in [2.05, 4.69) is 5.32 Å². The number of rotatable bonds is 7. The SMILES string of the molecule is COc1cccc(NC(=O)[C@@H](C)OC(=O)CCN2C(=O)[C@H]3CC=CC[C@@H]3C2=O)c1. The Labute approximate surface area is 168 Å². The van der Waals surface area contributed by atoms with Crippen LogP contribution in [0.1, 0.15) is 26.2 Å². The van der Waals surface area contributed by atoms with E-state index in [0.29, 0.717) is 24.3 Å². The zero-order chi connectivity index (χ0) is 21.0. The number of methoxy groups -OCH3 is 1. The second kappa shape index (κ2) is 8.89. The summed E-state index contributed by atoms with van der Waals surface area (Å²) in [6.07, 6.45) is 3.75. The molecule has 0 bridgehead atoms. The Morgan fingerprint density at radius 3 is 2.45 bits per heavy atom. The highest BCUT2D eigenvalue weighted by Crippen LogP contribution is 2.35. The van der Waals surface area contributed by atoms with E-state index in [0.717, 1.165) is 4.90 Å². The second-order valence-electron chi connectivity index (χ2n) is 7.09. The summed E-state index contributed by atoms with van der Waals surface area (Å²) in [5, 5.41) is 2.65. The quantitative estimate of drug-likeness (QED) is 0.426. The predicted octanol–water partition coefficient (Wildman–Crippen LogP) is 1.91. The smallest absolute Gasteiger partial charge is 0.308 e. The number of esters is 1. The van der Waals surface area contributed by atoms with Crippen LogP contribution in [0.25, 0.3) is 0 Å². The van der Waals surface area contributed by atoms with Gasteiger partial charge < -0.3 is 14.8 Å². The first-order chi connectivity index (χ1) is 13.9. The van der Waals surface area contributed by atoms with E-state index in [1.54, 1.807) is 24.3 Å². The minimum Gasteiger partial charge on any atom is -0.497 e. The molecule has 1 heterocycles. The number of fused-ring (bicyclic) bond motifs is 1. The molecular formula is C21H24N2O6. The number of amides is 3. The van der Waals surface area contributed by atoms with Crippen molar-refractivity contribution in [3.05, 3.63) is 36.4 Å². The third-order valence-corrected chi connectivity index (χ3v) is 5.15. The molecule has 0 unspecified atom stereocenters. The van der Waals surface area contributed by atoms with Crippen LogP contribution in [0.15, 0.2) is 36.4 Å². The van der Waals surface area contributed by atoms with Gasteiger partial charge in [-0.2, -0.15) is 0 Å². The van der Waals surface area contributed by atoms with Crippen molar-refractivity contribution in [3.8, 4) is 5.75 Å². The summed E-state index contributed by atoms with van der Waals surface area (Å²) in [6.45, 7) is 1.42. The highest BCUT2D eigenvalue weighted by atomic mass is 16.5. The van der Waals surface area contributed by atoms with Crippen LogP contribution in [-0.4, -0.2) is 48.3 Å². The number of hydrogen-bond donors (Lipinski definition) is 1. The summed E-state index contributed by atoms with van der Waals surface area (Å²) in [5.74, 6) is -1.67. The molecule has 1 aromatic rings. The molecule has 2 aliphatic rings. The number of nitrogens with one attached hydrogen (secondary N) is 1. The van der Waals surface area contributed by atoms with Crippen LogP contribution in [0.4, 0.5) is 5.69 Å². The Morgan fingerprint density at radius 2 is 1.83 bits per heavy atom. The molecule has 1 fully saturated rings. The molecule has 8 heteroatoms. The van der Waals surface area contributed by atoms with Gasteiger partial charge in [-0.05, 0) is 31.9 Å². The lowest BCUT2D eigenvalue weighted by Crippen LogP contribution is -2.35. The maximum Gasteiger partial charge on any atom is 0.308 e. The number of carbonyl (C=O) groups excluding carboxylic acids is 4. The average molecular weight is 400 g/mol. The fourth-order valence-electron chi connectivity index (χ4n) is 3.55. The molecule has 3 atom stereocenters. The van der Waals surface area contributed by atoms with E-state index in [1.165, 1.54) is 14.0 Å². The molecule has 154 valence electrons. The van der Waals surface area contributed by atoms with Crippen LogP contribution >= 0.6 is 0 Å². The van der Waals surface area contributed by atoms with Crippen molar-refractivity contribution in [1.82, 2.24) is 4.90 Å². The molecule has 29 heavy (non-hydrogen) atoms. The van der Waals surface area contributed by atoms with Gasteiger partial charge in [-0.25, -0.2) is 0 Å². The van der Waals surface area contributed by atoms with Crippen molar-refractivity contribution in [2.75, 3.05) is 19.0 Å². The van der Waals surface area contributed by atoms with Crippen molar-refractivity contribution in [1.29, 1.82) is 0 Å². The Kier molecular flexibility index (Phi) is 6.31. The molecule has 0 saturated carbocycles. The van der Waals surface area contributed by atoms with Gasteiger partial charge in [0.05, 0.1) is 25.4 Å². The lowest BCUT2D eigenvalue weighted by atomic mass is 9.85. The maximum atomic E-state index is 12.4. The third-order valence-electron chi connectivity index (χ3n) is 5.15. The second-order valence-corrected chi connectivity index (χ2v) is 7.09. The molecule has 1 saturated heterocycles. The van der Waals surface area contributed by atoms with Crippen LogP contribution in [0.2, 0.25) is 0 Å². The van der Waals surface area contributed by atoms with Gasteiger partial charge in [-0.15, -0.1) is 0 Å². The van der Waals surface area contributed by atoms with Crippen LogP contribution in [0.5, 0.6) is 5.75 Å². The molecule has 1 aromatic carbocycles. The molecule has 3 rings (SSSR count). The molecule has 8 nitrogen and oxygen atoms in total. The first-order valence-corrected chi connectivity index (χ1v) is 9.55. The number of likely N-dealkylation sites (tertiary alicyclic amines) is 1. The van der Waals surface area contributed by atoms with Gasteiger partial charge in [0, 0.05) is 18.3 Å². The number of hydrogen-bond acceptors (Lipinski definition) is 6. The third kappa shape index (κ3) is 4.64. The Morgan fingerprint density at radius 1 is 1.17 bits per heavy atom. The summed E-state index contributed by atoms with van der Waals surface area (Å²) in [4.78, 5) is 50.3. The van der Waals surface area contributed by atoms with Gasteiger partial charge >= 0.3 is 5.97 Å². The van der Waals surface area contributed by atoms with Crippen molar-refractivity contribution >= 4 is 29.4 Å². The predicted molar refractivity (Wildman–Crippen MR) is 104 cm³/mol. The number of allylic oxidation sites excluding steroid dienone is 2. The molecule has 0 radical (unpaired) electrons. The first-order valence-electron chi connectivity index (χ1n) is 9.55. The lowest BCUT2D eigenvalue weighted by molar-refractivity contribution is -0.154. The summed E-state index contributed by atoms with van der Waals surface area (Å²) < 4.78 is 10.2. The van der Waals surface area contributed by atoms with Gasteiger partial charge in [0.25, 0.3) is 5.91 Å². The summed E-state index contributed by atoms with van der Waals surface area (Å²) >= 11 is 0. The van der Waals surface area contributed by atoms with Crippen LogP contribution in [0, 0.1) is 11.8 Å². The van der Waals surface area contributed by atoms with E-state index in [1.807, 2.05) is 12.2 Å². The zero-order valence-electron chi connectivity index (χ0n) is 16.4. The lowest BCUT2D eigenvalue weighted by Gasteiger charge is -2.16. The van der Waals surface area contributed by atoms with Crippen molar-refractivity contribution in [2.24, 2.45) is 11.8 Å². The number of benzene rings is 1. The largest absolute Gasteiger partial charge is 0.497 e. The minimum atomic E-state index is -1.02.